The number of likely N-dealkylation sites (tertiary alicyclic amines) is 1. The first-order valence-corrected chi connectivity index (χ1v) is 9.48. The number of rotatable bonds is 7. The molecule has 0 radical (unpaired) electrons. The lowest BCUT2D eigenvalue weighted by molar-refractivity contribution is 0.0775. The Labute approximate surface area is 164 Å². The normalized spacial score (nSPS) is 19.3. The average Bonchev–Trinajstić information content (AvgIpc) is 3.06. The number of ether oxygens (including phenoxy) is 1. The zero-order chi connectivity index (χ0) is 19.3. The van der Waals surface area contributed by atoms with Gasteiger partial charge in [-0.3, -0.25) is 4.79 Å². The molecule has 1 atom stereocenters. The second-order valence-corrected chi connectivity index (χ2v) is 7.66. The number of halogens is 2. The number of nitrogens with one attached hydrogen (secondary N) is 1. The molecule has 1 unspecified atom stereocenters. The zero-order valence-electron chi connectivity index (χ0n) is 15.4. The molecule has 1 amide bonds. The maximum Gasteiger partial charge on any atom is 0.253 e. The maximum absolute atomic E-state index is 13.3. The lowest BCUT2D eigenvalue weighted by Crippen LogP contribution is -2.37. The van der Waals surface area contributed by atoms with Crippen LogP contribution in [0.4, 0.5) is 4.39 Å². The molecule has 1 N–H and O–H groups in total. The van der Waals surface area contributed by atoms with Gasteiger partial charge in [-0.25, -0.2) is 4.39 Å². The van der Waals surface area contributed by atoms with E-state index in [9.17, 15) is 9.18 Å². The first-order chi connectivity index (χ1) is 13.0. The fraction of sp³-hybridized carbons (Fsp3) is 0.381. The van der Waals surface area contributed by atoms with Crippen molar-refractivity contribution in [1.29, 1.82) is 0 Å². The number of hydrogen-bond acceptors (Lipinski definition) is 3. The highest BCUT2D eigenvalue weighted by atomic mass is 35.5. The first kappa shape index (κ1) is 19.6. The summed E-state index contributed by atoms with van der Waals surface area (Å²) in [7, 11) is 0. The predicted molar refractivity (Wildman–Crippen MR) is 105 cm³/mol. The number of nitrogens with zero attached hydrogens (tertiary/aromatic N) is 1. The summed E-state index contributed by atoms with van der Waals surface area (Å²) in [6.45, 7) is 5.66. The van der Waals surface area contributed by atoms with Gasteiger partial charge in [-0.1, -0.05) is 36.7 Å². The molecule has 1 fully saturated rings. The highest BCUT2D eigenvalue weighted by Crippen LogP contribution is 2.30. The van der Waals surface area contributed by atoms with E-state index in [-0.39, 0.29) is 16.3 Å². The molecule has 6 heteroatoms. The Morgan fingerprint density at radius 1 is 1.30 bits per heavy atom. The molecular weight excluding hydrogens is 367 g/mol. The number of carbonyl (C=O) groups excluding carboxylic acids is 1. The van der Waals surface area contributed by atoms with Crippen LogP contribution in [0.1, 0.15) is 23.7 Å². The van der Waals surface area contributed by atoms with Crippen molar-refractivity contribution in [3.63, 3.8) is 0 Å². The van der Waals surface area contributed by atoms with Crippen molar-refractivity contribution in [2.24, 2.45) is 5.41 Å². The second-order valence-electron chi connectivity index (χ2n) is 7.25. The molecule has 0 spiro atoms. The molecule has 1 saturated heterocycles. The molecule has 2 aromatic rings. The lowest BCUT2D eigenvalue weighted by atomic mass is 9.90. The Balaban J connectivity index is 1.44. The van der Waals surface area contributed by atoms with E-state index in [1.54, 1.807) is 0 Å². The standard InChI is InChI=1S/C21H24ClFN2O2/c1-21(14-24-10-12-27-17-5-3-2-4-6-17)9-11-25(15-21)20(26)16-7-8-19(23)18(22)13-16/h2-8,13,24H,9-12,14-15H2,1H3. The third-order valence-corrected chi connectivity index (χ3v) is 5.14. The molecule has 0 saturated carbocycles. The molecule has 3 rings (SSSR count). The molecule has 27 heavy (non-hydrogen) atoms. The Kier molecular flexibility index (Phi) is 6.34. The van der Waals surface area contributed by atoms with Gasteiger partial charge < -0.3 is 15.0 Å². The third kappa shape index (κ3) is 5.21. The van der Waals surface area contributed by atoms with E-state index in [2.05, 4.69) is 12.2 Å². The zero-order valence-corrected chi connectivity index (χ0v) is 16.1. The molecular formula is C21H24ClFN2O2. The van der Waals surface area contributed by atoms with Crippen LogP contribution >= 0.6 is 11.6 Å². The number of amides is 1. The predicted octanol–water partition coefficient (Wildman–Crippen LogP) is 4.00. The lowest BCUT2D eigenvalue weighted by Gasteiger charge is -2.25. The Morgan fingerprint density at radius 2 is 2.07 bits per heavy atom. The van der Waals surface area contributed by atoms with Crippen LogP contribution in [-0.4, -0.2) is 43.6 Å². The smallest absolute Gasteiger partial charge is 0.253 e. The van der Waals surface area contributed by atoms with Gasteiger partial charge in [0.05, 0.1) is 5.02 Å². The number of carbonyl (C=O) groups is 1. The van der Waals surface area contributed by atoms with Crippen LogP contribution in [0.25, 0.3) is 0 Å². The van der Waals surface area contributed by atoms with Crippen molar-refractivity contribution in [3.05, 3.63) is 64.9 Å². The van der Waals surface area contributed by atoms with Crippen LogP contribution in [0.3, 0.4) is 0 Å². The topological polar surface area (TPSA) is 41.6 Å². The summed E-state index contributed by atoms with van der Waals surface area (Å²) in [6.07, 6.45) is 0.917. The molecule has 0 aliphatic carbocycles. The van der Waals surface area contributed by atoms with Gasteiger partial charge in [0.1, 0.15) is 18.2 Å². The Hall–Kier alpha value is -2.11. The average molecular weight is 391 g/mol. The van der Waals surface area contributed by atoms with Crippen molar-refractivity contribution >= 4 is 17.5 Å². The third-order valence-electron chi connectivity index (χ3n) is 4.85. The van der Waals surface area contributed by atoms with E-state index in [1.165, 1.54) is 18.2 Å². The summed E-state index contributed by atoms with van der Waals surface area (Å²) < 4.78 is 19.0. The monoisotopic (exact) mass is 390 g/mol. The van der Waals surface area contributed by atoms with Gasteiger partial charge in [0.15, 0.2) is 0 Å². The Bertz CT molecular complexity index is 787. The van der Waals surface area contributed by atoms with Crippen LogP contribution in [0, 0.1) is 11.2 Å². The van der Waals surface area contributed by atoms with Crippen molar-refractivity contribution in [2.75, 3.05) is 32.8 Å². The maximum atomic E-state index is 13.3. The van der Waals surface area contributed by atoms with E-state index in [4.69, 9.17) is 16.3 Å². The van der Waals surface area contributed by atoms with E-state index < -0.39 is 5.82 Å². The molecule has 1 aliphatic heterocycles. The largest absolute Gasteiger partial charge is 0.492 e. The SMILES string of the molecule is CC1(CNCCOc2ccccc2)CCN(C(=O)c2ccc(F)c(Cl)c2)C1. The molecule has 0 aromatic heterocycles. The number of para-hydroxylation sites is 1. The minimum absolute atomic E-state index is 0.00618. The highest BCUT2D eigenvalue weighted by molar-refractivity contribution is 6.31. The van der Waals surface area contributed by atoms with Gasteiger partial charge in [0, 0.05) is 31.7 Å². The summed E-state index contributed by atoms with van der Waals surface area (Å²) in [5, 5.41) is 3.40. The van der Waals surface area contributed by atoms with Crippen molar-refractivity contribution in [2.45, 2.75) is 13.3 Å². The minimum atomic E-state index is -0.513. The second kappa shape index (κ2) is 8.72. The highest BCUT2D eigenvalue weighted by Gasteiger charge is 2.36. The van der Waals surface area contributed by atoms with Crippen molar-refractivity contribution < 1.29 is 13.9 Å². The molecule has 1 aliphatic rings. The van der Waals surface area contributed by atoms with Gasteiger partial charge in [0.25, 0.3) is 5.91 Å². The quantitative estimate of drug-likeness (QED) is 0.726. The Morgan fingerprint density at radius 3 is 2.81 bits per heavy atom. The van der Waals surface area contributed by atoms with E-state index >= 15 is 0 Å². The molecule has 1 heterocycles. The fourth-order valence-corrected chi connectivity index (χ4v) is 3.48. The summed E-state index contributed by atoms with van der Waals surface area (Å²) in [4.78, 5) is 14.4. The summed E-state index contributed by atoms with van der Waals surface area (Å²) in [5.74, 6) is 0.246. The van der Waals surface area contributed by atoms with Gasteiger partial charge in [-0.2, -0.15) is 0 Å². The van der Waals surface area contributed by atoms with E-state index in [1.807, 2.05) is 35.2 Å². The molecule has 0 bridgehead atoms. The first-order valence-electron chi connectivity index (χ1n) is 9.10. The fourth-order valence-electron chi connectivity index (χ4n) is 3.30. The van der Waals surface area contributed by atoms with Crippen LogP contribution in [0.2, 0.25) is 5.02 Å². The van der Waals surface area contributed by atoms with E-state index in [0.717, 1.165) is 25.3 Å². The van der Waals surface area contributed by atoms with Crippen LogP contribution < -0.4 is 10.1 Å². The summed E-state index contributed by atoms with van der Waals surface area (Å²) in [5.41, 5.74) is 0.432. The van der Waals surface area contributed by atoms with Crippen LogP contribution in [0.15, 0.2) is 48.5 Å². The van der Waals surface area contributed by atoms with Crippen LogP contribution in [0.5, 0.6) is 5.75 Å². The molecule has 4 nitrogen and oxygen atoms in total. The molecule has 144 valence electrons. The number of benzene rings is 2. The van der Waals surface area contributed by atoms with Gasteiger partial charge in [-0.15, -0.1) is 0 Å². The van der Waals surface area contributed by atoms with Crippen molar-refractivity contribution in [1.82, 2.24) is 10.2 Å². The van der Waals surface area contributed by atoms with Gasteiger partial charge in [0.2, 0.25) is 0 Å². The summed E-state index contributed by atoms with van der Waals surface area (Å²) >= 11 is 5.80. The van der Waals surface area contributed by atoms with E-state index in [0.29, 0.717) is 25.3 Å². The molecule has 2 aromatic carbocycles. The van der Waals surface area contributed by atoms with Gasteiger partial charge in [-0.05, 0) is 42.2 Å². The van der Waals surface area contributed by atoms with Crippen molar-refractivity contribution in [3.8, 4) is 5.75 Å². The number of hydrogen-bond donors (Lipinski definition) is 1. The summed E-state index contributed by atoms with van der Waals surface area (Å²) in [6, 6.07) is 13.8. The van der Waals surface area contributed by atoms with Gasteiger partial charge >= 0.3 is 0 Å². The minimum Gasteiger partial charge on any atom is -0.492 e. The van der Waals surface area contributed by atoms with Crippen LogP contribution in [-0.2, 0) is 0 Å².